The Bertz CT molecular complexity index is 590. The molecule has 0 bridgehead atoms. The normalized spacial score (nSPS) is 11.4. The molecule has 1 atom stereocenters. The second kappa shape index (κ2) is 15.1. The van der Waals surface area contributed by atoms with E-state index in [1.165, 1.54) is 19.3 Å². The van der Waals surface area contributed by atoms with Crippen molar-refractivity contribution in [2.45, 2.75) is 51.0 Å². The average molecular weight is 373 g/mol. The lowest BCUT2D eigenvalue weighted by atomic mass is 10.0. The maximum Gasteiger partial charge on any atom is 0.195 e. The van der Waals surface area contributed by atoms with Gasteiger partial charge < -0.3 is 15.3 Å². The summed E-state index contributed by atoms with van der Waals surface area (Å²) in [7, 11) is 0. The summed E-state index contributed by atoms with van der Waals surface area (Å²) in [5, 5.41) is 26.8. The van der Waals surface area contributed by atoms with Gasteiger partial charge in [0.05, 0.1) is 0 Å². The molecule has 2 rings (SSSR count). The molecule has 4 nitrogen and oxygen atoms in total. The van der Waals surface area contributed by atoms with Crippen LogP contribution in [-0.2, 0) is 0 Å². The number of rotatable bonds is 11. The number of benzene rings is 2. The minimum Gasteiger partial charge on any atom is -0.396 e. The van der Waals surface area contributed by atoms with Crippen molar-refractivity contribution in [1.82, 2.24) is 0 Å². The van der Waals surface area contributed by atoms with Crippen molar-refractivity contribution in [1.29, 1.82) is 0 Å². The Morgan fingerprint density at radius 2 is 1.07 bits per heavy atom. The van der Waals surface area contributed by atoms with Crippen LogP contribution >= 0.6 is 0 Å². The Balaban J connectivity index is 0.000000293. The van der Waals surface area contributed by atoms with Crippen molar-refractivity contribution in [2.24, 2.45) is 0 Å². The molecule has 1 unspecified atom stereocenters. The van der Waals surface area contributed by atoms with Gasteiger partial charge in [-0.05, 0) is 18.4 Å². The fourth-order valence-corrected chi connectivity index (χ4v) is 2.65. The Labute approximate surface area is 162 Å². The van der Waals surface area contributed by atoms with Crippen LogP contribution in [-0.4, -0.2) is 34.3 Å². The van der Waals surface area contributed by atoms with E-state index in [1.54, 1.807) is 48.5 Å². The zero-order chi connectivity index (χ0) is 19.7. The monoisotopic (exact) mass is 372 g/mol. The average Bonchev–Trinajstić information content (AvgIpc) is 2.74. The van der Waals surface area contributed by atoms with Gasteiger partial charge in [-0.1, -0.05) is 92.8 Å². The highest BCUT2D eigenvalue weighted by atomic mass is 16.3. The van der Waals surface area contributed by atoms with E-state index in [9.17, 15) is 9.90 Å². The number of aliphatic hydroxyl groups is 3. The summed E-state index contributed by atoms with van der Waals surface area (Å²) < 4.78 is 0. The van der Waals surface area contributed by atoms with Crippen LogP contribution in [0.3, 0.4) is 0 Å². The predicted octanol–water partition coefficient (Wildman–Crippen LogP) is 4.30. The Morgan fingerprint density at radius 3 is 1.52 bits per heavy atom. The fourth-order valence-electron chi connectivity index (χ4n) is 2.65. The second-order valence-electron chi connectivity index (χ2n) is 6.47. The molecule has 4 heteroatoms. The minimum atomic E-state index is -1.08. The number of unbranched alkanes of at least 4 members (excludes halogenated alkanes) is 6. The summed E-state index contributed by atoms with van der Waals surface area (Å²) >= 11 is 0. The predicted molar refractivity (Wildman–Crippen MR) is 109 cm³/mol. The lowest BCUT2D eigenvalue weighted by molar-refractivity contribution is 0.0747. The highest BCUT2D eigenvalue weighted by Gasteiger charge is 2.18. The van der Waals surface area contributed by atoms with Crippen LogP contribution < -0.4 is 0 Å². The molecule has 0 heterocycles. The van der Waals surface area contributed by atoms with E-state index in [2.05, 4.69) is 0 Å². The summed E-state index contributed by atoms with van der Waals surface area (Å²) in [6, 6.07) is 17.7. The third kappa shape index (κ3) is 10.0. The van der Waals surface area contributed by atoms with Crippen LogP contribution in [0.2, 0.25) is 0 Å². The summed E-state index contributed by atoms with van der Waals surface area (Å²) in [6.45, 7) is 0.660. The van der Waals surface area contributed by atoms with Crippen molar-refractivity contribution in [3.05, 3.63) is 71.8 Å². The molecule has 3 N–H and O–H groups in total. The maximum atomic E-state index is 11.9. The van der Waals surface area contributed by atoms with Gasteiger partial charge in [-0.2, -0.15) is 0 Å². The smallest absolute Gasteiger partial charge is 0.195 e. The molecular weight excluding hydrogens is 340 g/mol. The van der Waals surface area contributed by atoms with Gasteiger partial charge >= 0.3 is 0 Å². The number of aliphatic hydroxyl groups excluding tert-OH is 3. The first-order valence-corrected chi connectivity index (χ1v) is 9.74. The van der Waals surface area contributed by atoms with E-state index in [0.29, 0.717) is 24.3 Å². The summed E-state index contributed by atoms with van der Waals surface area (Å²) in [5.74, 6) is -0.271. The van der Waals surface area contributed by atoms with E-state index < -0.39 is 6.10 Å². The fraction of sp³-hybridized carbons (Fsp3) is 0.435. The van der Waals surface area contributed by atoms with Gasteiger partial charge in [0, 0.05) is 18.8 Å². The van der Waals surface area contributed by atoms with Crippen LogP contribution in [0.1, 0.15) is 67.0 Å². The van der Waals surface area contributed by atoms with E-state index in [-0.39, 0.29) is 5.78 Å². The molecule has 0 saturated carbocycles. The van der Waals surface area contributed by atoms with Crippen molar-refractivity contribution >= 4 is 5.78 Å². The van der Waals surface area contributed by atoms with Crippen LogP contribution in [0.25, 0.3) is 0 Å². The zero-order valence-electron chi connectivity index (χ0n) is 16.0. The molecule has 0 radical (unpaired) electrons. The summed E-state index contributed by atoms with van der Waals surface area (Å²) in [6.07, 6.45) is 6.81. The number of carbonyl (C=O) groups excluding carboxylic acids is 1. The highest BCUT2D eigenvalue weighted by molar-refractivity contribution is 5.99. The second-order valence-corrected chi connectivity index (χ2v) is 6.47. The zero-order valence-corrected chi connectivity index (χ0v) is 16.0. The van der Waals surface area contributed by atoms with E-state index in [0.717, 1.165) is 25.7 Å². The van der Waals surface area contributed by atoms with E-state index >= 15 is 0 Å². The molecule has 0 spiro atoms. The summed E-state index contributed by atoms with van der Waals surface area (Å²) in [4.78, 5) is 11.9. The Kier molecular flexibility index (Phi) is 12.9. The van der Waals surface area contributed by atoms with Gasteiger partial charge in [0.25, 0.3) is 0 Å². The van der Waals surface area contributed by atoms with Gasteiger partial charge in [0.15, 0.2) is 5.78 Å². The number of hydrogen-bond acceptors (Lipinski definition) is 4. The number of Topliss-reactive ketones (excluding diaryl/α,β-unsaturated/α-hetero) is 1. The quantitative estimate of drug-likeness (QED) is 0.406. The van der Waals surface area contributed by atoms with Gasteiger partial charge in [0.1, 0.15) is 6.10 Å². The molecule has 0 aromatic heterocycles. The molecule has 0 fully saturated rings. The molecule has 0 amide bonds. The molecule has 0 saturated heterocycles. The SMILES string of the molecule is O=C(c1ccccc1)C(O)c1ccccc1.OCCCCCCCCCO. The van der Waals surface area contributed by atoms with E-state index in [4.69, 9.17) is 10.2 Å². The van der Waals surface area contributed by atoms with Crippen LogP contribution in [0.5, 0.6) is 0 Å². The molecule has 0 aliphatic rings. The molecular formula is C23H32O4. The van der Waals surface area contributed by atoms with Crippen molar-refractivity contribution in [3.63, 3.8) is 0 Å². The van der Waals surface area contributed by atoms with Gasteiger partial charge in [0.2, 0.25) is 0 Å². The molecule has 2 aromatic rings. The Hall–Kier alpha value is -2.01. The Morgan fingerprint density at radius 1 is 0.667 bits per heavy atom. The maximum absolute atomic E-state index is 11.9. The first-order valence-electron chi connectivity index (χ1n) is 9.74. The topological polar surface area (TPSA) is 77.8 Å². The minimum absolute atomic E-state index is 0.271. The molecule has 148 valence electrons. The van der Waals surface area contributed by atoms with E-state index in [1.807, 2.05) is 12.1 Å². The number of ketones is 1. The lowest BCUT2D eigenvalue weighted by Gasteiger charge is -2.09. The standard InChI is InChI=1S/C14H12O2.C9H20O2/c15-13(11-7-3-1-4-8-11)14(16)12-9-5-2-6-10-12;10-8-6-4-2-1-3-5-7-9-11/h1-10,13,15H;10-11H,1-9H2. The third-order valence-corrected chi connectivity index (χ3v) is 4.24. The highest BCUT2D eigenvalue weighted by Crippen LogP contribution is 2.17. The third-order valence-electron chi connectivity index (χ3n) is 4.24. The van der Waals surface area contributed by atoms with Crippen molar-refractivity contribution in [3.8, 4) is 0 Å². The molecule has 27 heavy (non-hydrogen) atoms. The van der Waals surface area contributed by atoms with Crippen molar-refractivity contribution < 1.29 is 20.1 Å². The van der Waals surface area contributed by atoms with Crippen molar-refractivity contribution in [2.75, 3.05) is 13.2 Å². The summed E-state index contributed by atoms with van der Waals surface area (Å²) in [5.41, 5.74) is 1.15. The first-order chi connectivity index (χ1) is 13.2. The lowest BCUT2D eigenvalue weighted by Crippen LogP contribution is -2.11. The van der Waals surface area contributed by atoms with Gasteiger partial charge in [-0.3, -0.25) is 4.79 Å². The molecule has 0 aliphatic heterocycles. The number of hydrogen-bond donors (Lipinski definition) is 3. The largest absolute Gasteiger partial charge is 0.396 e. The van der Waals surface area contributed by atoms with Crippen LogP contribution in [0, 0.1) is 0 Å². The number of carbonyl (C=O) groups is 1. The van der Waals surface area contributed by atoms with Crippen LogP contribution in [0.4, 0.5) is 0 Å². The van der Waals surface area contributed by atoms with Gasteiger partial charge in [-0.25, -0.2) is 0 Å². The van der Waals surface area contributed by atoms with Crippen LogP contribution in [0.15, 0.2) is 60.7 Å². The first kappa shape index (κ1) is 23.0. The van der Waals surface area contributed by atoms with Gasteiger partial charge in [-0.15, -0.1) is 0 Å². The molecule has 0 aliphatic carbocycles. The molecule has 2 aromatic carbocycles.